The molecule has 26 heavy (non-hydrogen) atoms. The molecule has 0 radical (unpaired) electrons. The Bertz CT molecular complexity index is 619. The fourth-order valence-corrected chi connectivity index (χ4v) is 2.81. The molecule has 1 atom stereocenters. The van der Waals surface area contributed by atoms with Gasteiger partial charge in [0.2, 0.25) is 5.91 Å². The molecule has 0 saturated carbocycles. The van der Waals surface area contributed by atoms with Crippen molar-refractivity contribution in [3.8, 4) is 5.75 Å². The van der Waals surface area contributed by atoms with Crippen molar-refractivity contribution in [2.24, 2.45) is 5.73 Å². The Morgan fingerprint density at radius 2 is 2.08 bits per heavy atom. The van der Waals surface area contributed by atoms with Crippen molar-refractivity contribution < 1.29 is 23.1 Å². The van der Waals surface area contributed by atoms with Crippen LogP contribution < -0.4 is 15.8 Å². The summed E-state index contributed by atoms with van der Waals surface area (Å²) in [6.07, 6.45) is 2.85. The summed E-state index contributed by atoms with van der Waals surface area (Å²) in [5, 5.41) is 2.77. The molecule has 0 spiro atoms. The molecule has 1 aliphatic rings. The highest BCUT2D eigenvalue weighted by Gasteiger charge is 2.27. The lowest BCUT2D eigenvalue weighted by Gasteiger charge is -2.35. The van der Waals surface area contributed by atoms with Crippen molar-refractivity contribution in [1.29, 1.82) is 0 Å². The van der Waals surface area contributed by atoms with Gasteiger partial charge in [0.1, 0.15) is 5.82 Å². The summed E-state index contributed by atoms with van der Waals surface area (Å²) in [6.45, 7) is 0.854. The minimum Gasteiger partial charge on any atom is -0.481 e. The van der Waals surface area contributed by atoms with Gasteiger partial charge in [-0.05, 0) is 31.4 Å². The number of carbonyl (C=O) groups excluding carboxylic acids is 2. The normalized spacial score (nSPS) is 16.6. The Balaban J connectivity index is 0.00000338. The number of ether oxygens (including phenoxy) is 1. The van der Waals surface area contributed by atoms with Gasteiger partial charge in [-0.1, -0.05) is 0 Å². The van der Waals surface area contributed by atoms with Crippen LogP contribution in [0.1, 0.15) is 25.7 Å². The first-order chi connectivity index (χ1) is 12.0. The van der Waals surface area contributed by atoms with Gasteiger partial charge in [0.15, 0.2) is 18.2 Å². The number of rotatable bonds is 7. The number of hydrogen-bond acceptors (Lipinski definition) is 4. The number of amides is 2. The molecule has 1 aliphatic heterocycles. The summed E-state index contributed by atoms with van der Waals surface area (Å²) in [7, 11) is 0. The van der Waals surface area contributed by atoms with Gasteiger partial charge >= 0.3 is 0 Å². The maximum absolute atomic E-state index is 13.6. The minimum atomic E-state index is -0.850. The lowest BCUT2D eigenvalue weighted by atomic mass is 10.0. The van der Waals surface area contributed by atoms with E-state index in [1.165, 1.54) is 0 Å². The van der Waals surface area contributed by atoms with Crippen LogP contribution in [0.5, 0.6) is 5.75 Å². The Morgan fingerprint density at radius 3 is 2.77 bits per heavy atom. The van der Waals surface area contributed by atoms with Crippen LogP contribution in [-0.4, -0.2) is 49.0 Å². The minimum absolute atomic E-state index is 0. The average Bonchev–Trinajstić information content (AvgIpc) is 2.59. The molecular weight excluding hydrogens is 368 g/mol. The van der Waals surface area contributed by atoms with Crippen LogP contribution >= 0.6 is 12.4 Å². The number of nitrogens with zero attached hydrogens (tertiary/aromatic N) is 1. The number of benzene rings is 1. The van der Waals surface area contributed by atoms with E-state index in [4.69, 9.17) is 10.5 Å². The van der Waals surface area contributed by atoms with Crippen LogP contribution in [0.3, 0.4) is 0 Å². The fourth-order valence-electron chi connectivity index (χ4n) is 2.81. The first-order valence-electron chi connectivity index (χ1n) is 8.35. The molecule has 1 saturated heterocycles. The molecule has 9 heteroatoms. The number of nitrogens with one attached hydrogen (secondary N) is 1. The van der Waals surface area contributed by atoms with E-state index in [9.17, 15) is 18.4 Å². The van der Waals surface area contributed by atoms with E-state index in [1.54, 1.807) is 4.90 Å². The van der Waals surface area contributed by atoms with E-state index in [1.807, 2.05) is 0 Å². The predicted octanol–water partition coefficient (Wildman–Crippen LogP) is 1.61. The highest BCUT2D eigenvalue weighted by Crippen LogP contribution is 2.20. The first kappa shape index (κ1) is 22.1. The molecule has 1 aromatic carbocycles. The van der Waals surface area contributed by atoms with E-state index in [0.717, 1.165) is 31.4 Å². The zero-order valence-corrected chi connectivity index (χ0v) is 15.2. The highest BCUT2D eigenvalue weighted by molar-refractivity contribution is 5.85. The molecule has 0 aromatic heterocycles. The van der Waals surface area contributed by atoms with Crippen LogP contribution in [0.25, 0.3) is 0 Å². The number of hydrogen-bond donors (Lipinski definition) is 2. The number of piperidine rings is 1. The molecule has 1 aromatic rings. The Hall–Kier alpha value is -1.93. The summed E-state index contributed by atoms with van der Waals surface area (Å²) in [4.78, 5) is 25.6. The SMILES string of the molecule is Cl.NCCC(=O)NCC1CCCCN1C(=O)COc1ccc(F)cc1F. The third-order valence-electron chi connectivity index (χ3n) is 4.10. The van der Waals surface area contributed by atoms with E-state index in [2.05, 4.69) is 5.32 Å². The van der Waals surface area contributed by atoms with Gasteiger partial charge in [-0.25, -0.2) is 8.78 Å². The van der Waals surface area contributed by atoms with E-state index >= 15 is 0 Å². The molecule has 1 fully saturated rings. The molecule has 1 unspecified atom stereocenters. The number of carbonyl (C=O) groups is 2. The maximum Gasteiger partial charge on any atom is 0.260 e. The Kier molecular flexibility index (Phi) is 9.29. The third-order valence-corrected chi connectivity index (χ3v) is 4.10. The molecule has 0 aliphatic carbocycles. The topological polar surface area (TPSA) is 84.7 Å². The van der Waals surface area contributed by atoms with Crippen LogP contribution in [0.4, 0.5) is 8.78 Å². The first-order valence-corrected chi connectivity index (χ1v) is 8.35. The van der Waals surface area contributed by atoms with Crippen LogP contribution in [0.2, 0.25) is 0 Å². The summed E-state index contributed by atoms with van der Waals surface area (Å²) >= 11 is 0. The van der Waals surface area contributed by atoms with Gasteiger partial charge in [-0.2, -0.15) is 0 Å². The van der Waals surface area contributed by atoms with Gasteiger partial charge in [-0.15, -0.1) is 12.4 Å². The monoisotopic (exact) mass is 391 g/mol. The van der Waals surface area contributed by atoms with Crippen LogP contribution in [-0.2, 0) is 9.59 Å². The van der Waals surface area contributed by atoms with Crippen molar-refractivity contribution in [3.63, 3.8) is 0 Å². The predicted molar refractivity (Wildman–Crippen MR) is 95.1 cm³/mol. The maximum atomic E-state index is 13.6. The number of halogens is 3. The molecule has 146 valence electrons. The lowest BCUT2D eigenvalue weighted by molar-refractivity contribution is -0.137. The summed E-state index contributed by atoms with van der Waals surface area (Å²) < 4.78 is 31.6. The van der Waals surface area contributed by atoms with Crippen molar-refractivity contribution in [2.75, 3.05) is 26.2 Å². The van der Waals surface area contributed by atoms with E-state index in [0.29, 0.717) is 19.2 Å². The highest BCUT2D eigenvalue weighted by atomic mass is 35.5. The van der Waals surface area contributed by atoms with E-state index in [-0.39, 0.29) is 55.6 Å². The van der Waals surface area contributed by atoms with Crippen LogP contribution in [0.15, 0.2) is 18.2 Å². The summed E-state index contributed by atoms with van der Waals surface area (Å²) in [5.74, 6) is -2.16. The second-order valence-electron chi connectivity index (χ2n) is 5.94. The second kappa shape index (κ2) is 10.9. The van der Waals surface area contributed by atoms with Crippen molar-refractivity contribution in [3.05, 3.63) is 29.8 Å². The van der Waals surface area contributed by atoms with Crippen LogP contribution in [0, 0.1) is 11.6 Å². The Labute approximate surface area is 157 Å². The van der Waals surface area contributed by atoms with Gasteiger partial charge < -0.3 is 20.7 Å². The number of nitrogens with two attached hydrogens (primary N) is 1. The summed E-state index contributed by atoms with van der Waals surface area (Å²) in [5.41, 5.74) is 5.33. The third kappa shape index (κ3) is 6.42. The molecule has 6 nitrogen and oxygen atoms in total. The quantitative estimate of drug-likeness (QED) is 0.739. The average molecular weight is 392 g/mol. The van der Waals surface area contributed by atoms with E-state index < -0.39 is 11.6 Å². The fraction of sp³-hybridized carbons (Fsp3) is 0.529. The van der Waals surface area contributed by atoms with Crippen molar-refractivity contribution in [2.45, 2.75) is 31.7 Å². The Morgan fingerprint density at radius 1 is 1.31 bits per heavy atom. The van der Waals surface area contributed by atoms with Crippen molar-refractivity contribution in [1.82, 2.24) is 10.2 Å². The molecular formula is C17H24ClF2N3O3. The zero-order chi connectivity index (χ0) is 18.2. The second-order valence-corrected chi connectivity index (χ2v) is 5.94. The largest absolute Gasteiger partial charge is 0.481 e. The van der Waals surface area contributed by atoms with Gasteiger partial charge in [0.05, 0.1) is 0 Å². The van der Waals surface area contributed by atoms with Crippen molar-refractivity contribution >= 4 is 24.2 Å². The molecule has 2 rings (SSSR count). The number of likely N-dealkylation sites (tertiary alicyclic amines) is 1. The molecule has 2 amide bonds. The molecule has 3 N–H and O–H groups in total. The molecule has 0 bridgehead atoms. The summed E-state index contributed by atoms with van der Waals surface area (Å²) in [6, 6.07) is 2.80. The zero-order valence-electron chi connectivity index (χ0n) is 14.4. The molecule has 1 heterocycles. The van der Waals surface area contributed by atoms with Gasteiger partial charge in [0, 0.05) is 38.2 Å². The standard InChI is InChI=1S/C17H23F2N3O3.ClH/c18-12-4-5-15(14(19)9-12)25-11-17(24)22-8-2-1-3-13(22)10-21-16(23)6-7-20;/h4-5,9,13H,1-3,6-8,10-11,20H2,(H,21,23);1H. The van der Waals surface area contributed by atoms with Gasteiger partial charge in [-0.3, -0.25) is 9.59 Å². The smallest absolute Gasteiger partial charge is 0.260 e. The van der Waals surface area contributed by atoms with Gasteiger partial charge in [0.25, 0.3) is 5.91 Å². The lowest BCUT2D eigenvalue weighted by Crippen LogP contribution is -2.50.